The summed E-state index contributed by atoms with van der Waals surface area (Å²) in [6.45, 7) is 0. The summed E-state index contributed by atoms with van der Waals surface area (Å²) in [4.78, 5) is 16.2. The van der Waals surface area contributed by atoms with E-state index in [-0.39, 0.29) is 46.9 Å². The SMILES string of the molecule is O=N[O-].O=[N+]([O-])[O-].[Al+3].[Na+]. The minimum atomic E-state index is -1.75. The van der Waals surface area contributed by atoms with E-state index in [4.69, 9.17) is 25.4 Å². The van der Waals surface area contributed by atoms with Crippen molar-refractivity contribution >= 4 is 17.4 Å². The molecule has 0 spiro atoms. The Bertz CT molecular complexity index is 62.0. The molecule has 0 aromatic rings. The Balaban J connectivity index is -0.0000000233. The van der Waals surface area contributed by atoms with Gasteiger partial charge in [-0.15, -0.1) is 5.34 Å². The zero-order valence-corrected chi connectivity index (χ0v) is 7.67. The molecule has 0 aliphatic rings. The predicted octanol–water partition coefficient (Wildman–Crippen LogP) is -3.37. The third-order valence-corrected chi connectivity index (χ3v) is 0. The first-order chi connectivity index (χ1) is 3.15. The van der Waals surface area contributed by atoms with Gasteiger partial charge in [-0.2, -0.15) is 0 Å². The Morgan fingerprint density at radius 3 is 1.33 bits per heavy atom. The van der Waals surface area contributed by atoms with Crippen LogP contribution in [0.1, 0.15) is 0 Å². The molecule has 9 heteroatoms. The van der Waals surface area contributed by atoms with E-state index in [0.717, 1.165) is 5.34 Å². The maximum Gasteiger partial charge on any atom is 3.00 e. The van der Waals surface area contributed by atoms with Gasteiger partial charge in [0.05, 0.1) is 5.09 Å². The van der Waals surface area contributed by atoms with Crippen molar-refractivity contribution in [2.75, 3.05) is 0 Å². The van der Waals surface area contributed by atoms with Crippen molar-refractivity contribution in [3.05, 3.63) is 25.4 Å². The summed E-state index contributed by atoms with van der Waals surface area (Å²) < 4.78 is 0. The summed E-state index contributed by atoms with van der Waals surface area (Å²) in [5.41, 5.74) is 0. The van der Waals surface area contributed by atoms with Crippen molar-refractivity contribution in [3.63, 3.8) is 0 Å². The first kappa shape index (κ1) is 22.9. The van der Waals surface area contributed by atoms with Crippen LogP contribution in [0.5, 0.6) is 0 Å². The van der Waals surface area contributed by atoms with Gasteiger partial charge in [0.2, 0.25) is 0 Å². The van der Waals surface area contributed by atoms with Gasteiger partial charge in [-0.1, -0.05) is 0 Å². The van der Waals surface area contributed by atoms with Gasteiger partial charge < -0.3 is 25.4 Å². The molecule has 9 heavy (non-hydrogen) atoms. The number of nitrogens with zero attached hydrogens (tertiary/aromatic N) is 2. The topological polar surface area (TPSA) is 119 Å². The molecule has 0 aromatic heterocycles. The summed E-state index contributed by atoms with van der Waals surface area (Å²) in [6, 6.07) is 0. The number of hydrogen-bond acceptors (Lipinski definition) is 6. The zero-order valence-electron chi connectivity index (χ0n) is 4.51. The molecule has 0 aliphatic heterocycles. The van der Waals surface area contributed by atoms with E-state index >= 15 is 0 Å². The van der Waals surface area contributed by atoms with E-state index in [1.165, 1.54) is 0 Å². The fraction of sp³-hybridized carbons (Fsp3) is 0. The average molecular weight is 158 g/mol. The van der Waals surface area contributed by atoms with Crippen LogP contribution < -0.4 is 29.6 Å². The molecule has 0 fully saturated rings. The molecule has 0 heterocycles. The Labute approximate surface area is 82.5 Å². The van der Waals surface area contributed by atoms with Crippen molar-refractivity contribution in [2.24, 2.45) is 5.34 Å². The van der Waals surface area contributed by atoms with Crippen molar-refractivity contribution in [3.8, 4) is 0 Å². The second-order valence-corrected chi connectivity index (χ2v) is 0.298. The zero-order chi connectivity index (χ0) is 6.28. The molecular formula is AlN2NaO5+2. The fourth-order valence-corrected chi connectivity index (χ4v) is 0. The van der Waals surface area contributed by atoms with E-state index in [1.54, 1.807) is 0 Å². The molecule has 0 aromatic carbocycles. The molecule has 0 bridgehead atoms. The first-order valence-electron chi connectivity index (χ1n) is 0.913. The maximum absolute atomic E-state index is 8.25. The van der Waals surface area contributed by atoms with Crippen LogP contribution in [0.4, 0.5) is 0 Å². The third kappa shape index (κ3) is 17400. The first-order valence-corrected chi connectivity index (χ1v) is 0.913. The molecule has 42 valence electrons. The van der Waals surface area contributed by atoms with Crippen LogP contribution in [-0.4, -0.2) is 22.4 Å². The molecule has 0 unspecified atom stereocenters. The van der Waals surface area contributed by atoms with E-state index in [2.05, 4.69) is 0 Å². The Kier molecular flexibility index (Phi) is 61.7. The van der Waals surface area contributed by atoms with Gasteiger partial charge in [0.15, 0.2) is 0 Å². The van der Waals surface area contributed by atoms with E-state index in [0.29, 0.717) is 0 Å². The smallest absolute Gasteiger partial charge is 0.444 e. The molecule has 0 rings (SSSR count). The van der Waals surface area contributed by atoms with Gasteiger partial charge >= 0.3 is 46.9 Å². The third-order valence-electron chi connectivity index (χ3n) is 0. The minimum Gasteiger partial charge on any atom is -0.444 e. The standard InChI is InChI=1S/Al.NO3.HNO2.Na/c;2-1(3)4;2-1-3;/h;;(H,2,3);/q+3;-1;;+1/p-1. The summed E-state index contributed by atoms with van der Waals surface area (Å²) in [5.74, 6) is 0. The maximum atomic E-state index is 8.25. The summed E-state index contributed by atoms with van der Waals surface area (Å²) in [6.07, 6.45) is 0. The number of hydrogen-bond donors (Lipinski definition) is 0. The van der Waals surface area contributed by atoms with Crippen LogP contribution in [0.25, 0.3) is 0 Å². The predicted molar refractivity (Wildman–Crippen MR) is 25.3 cm³/mol. The second-order valence-electron chi connectivity index (χ2n) is 0.298. The molecule has 0 aliphatic carbocycles. The van der Waals surface area contributed by atoms with Gasteiger partial charge in [0, 0.05) is 0 Å². The summed E-state index contributed by atoms with van der Waals surface area (Å²) >= 11 is 0. The van der Waals surface area contributed by atoms with E-state index in [1.807, 2.05) is 0 Å². The van der Waals surface area contributed by atoms with Crippen LogP contribution in [0.15, 0.2) is 5.34 Å². The second kappa shape index (κ2) is 24.2. The minimum absolute atomic E-state index is 0. The fourth-order valence-electron chi connectivity index (χ4n) is 0. The van der Waals surface area contributed by atoms with Gasteiger partial charge in [0.1, 0.15) is 0 Å². The van der Waals surface area contributed by atoms with Crippen molar-refractivity contribution in [1.29, 1.82) is 0 Å². The molecule has 0 saturated carbocycles. The molecule has 0 N–H and O–H groups in total. The summed E-state index contributed by atoms with van der Waals surface area (Å²) in [7, 11) is 0. The molecule has 0 atom stereocenters. The molecule has 0 radical (unpaired) electrons. The van der Waals surface area contributed by atoms with Crippen molar-refractivity contribution < 1.29 is 34.6 Å². The van der Waals surface area contributed by atoms with E-state index in [9.17, 15) is 0 Å². The van der Waals surface area contributed by atoms with Gasteiger partial charge in [-0.25, -0.2) is 0 Å². The Hall–Kier alpha value is 0.132. The van der Waals surface area contributed by atoms with Gasteiger partial charge in [-0.05, 0) is 0 Å². The Morgan fingerprint density at radius 1 is 1.33 bits per heavy atom. The molecule has 0 saturated heterocycles. The van der Waals surface area contributed by atoms with Crippen LogP contribution in [0.2, 0.25) is 0 Å². The van der Waals surface area contributed by atoms with Gasteiger partial charge in [0.25, 0.3) is 0 Å². The van der Waals surface area contributed by atoms with Crippen LogP contribution >= 0.6 is 0 Å². The summed E-state index contributed by atoms with van der Waals surface area (Å²) in [5, 5.41) is 23.8. The largest absolute Gasteiger partial charge is 3.00 e. The molecule has 0 amide bonds. The molecular weight excluding hydrogens is 158 g/mol. The van der Waals surface area contributed by atoms with Gasteiger partial charge in [-0.3, -0.25) is 0 Å². The van der Waals surface area contributed by atoms with E-state index < -0.39 is 5.09 Å². The molecule has 7 nitrogen and oxygen atoms in total. The van der Waals surface area contributed by atoms with Crippen LogP contribution in [0.3, 0.4) is 0 Å². The monoisotopic (exact) mass is 158 g/mol. The quantitative estimate of drug-likeness (QED) is 0.158. The van der Waals surface area contributed by atoms with Crippen molar-refractivity contribution in [2.45, 2.75) is 0 Å². The normalized spacial score (nSPS) is 4.00. The van der Waals surface area contributed by atoms with Crippen LogP contribution in [0, 0.1) is 25.4 Å². The van der Waals surface area contributed by atoms with Crippen molar-refractivity contribution in [1.82, 2.24) is 0 Å². The van der Waals surface area contributed by atoms with Crippen LogP contribution in [-0.2, 0) is 0 Å². The Morgan fingerprint density at radius 2 is 1.33 bits per heavy atom. The number of rotatable bonds is 0. The average Bonchev–Trinajstić information content (AvgIpc) is 1.33.